The van der Waals surface area contributed by atoms with Crippen LogP contribution in [0.3, 0.4) is 0 Å². The van der Waals surface area contributed by atoms with Crippen LogP contribution in [0.25, 0.3) is 0 Å². The number of likely N-dealkylation sites (N-methyl/N-ethyl adjacent to an activating group) is 1. The third-order valence-electron chi connectivity index (χ3n) is 2.04. The lowest BCUT2D eigenvalue weighted by atomic mass is 10.2. The average molecular weight is 223 g/mol. The maximum Gasteiger partial charge on any atom is 0.267 e. The van der Waals surface area contributed by atoms with Crippen LogP contribution in [0.15, 0.2) is 18.3 Å². The summed E-state index contributed by atoms with van der Waals surface area (Å²) in [5, 5.41) is 8.69. The molecule has 0 aliphatic heterocycles. The molecule has 6 heteroatoms. The summed E-state index contributed by atoms with van der Waals surface area (Å²) >= 11 is 0. The molecule has 0 aromatic carbocycles. The van der Waals surface area contributed by atoms with Crippen LogP contribution in [0, 0.1) is 0 Å². The van der Waals surface area contributed by atoms with Crippen LogP contribution in [0.1, 0.15) is 20.8 Å². The molecule has 1 aromatic heterocycles. The second-order valence-corrected chi connectivity index (χ2v) is 3.24. The third kappa shape index (κ3) is 2.77. The highest BCUT2D eigenvalue weighted by Crippen LogP contribution is 2.04. The normalized spacial score (nSPS) is 9.88. The second kappa shape index (κ2) is 5.22. The minimum absolute atomic E-state index is 0.0447. The Hall–Kier alpha value is -1.95. The lowest BCUT2D eigenvalue weighted by Gasteiger charge is -2.15. The summed E-state index contributed by atoms with van der Waals surface area (Å²) in [6.07, 6.45) is 1.35. The van der Waals surface area contributed by atoms with Crippen molar-refractivity contribution >= 4 is 11.8 Å². The van der Waals surface area contributed by atoms with E-state index >= 15 is 0 Å². The molecule has 0 atom stereocenters. The molecule has 0 radical (unpaired) electrons. The Morgan fingerprint density at radius 3 is 2.81 bits per heavy atom. The molecule has 86 valence electrons. The van der Waals surface area contributed by atoms with Crippen molar-refractivity contribution in [3.63, 3.8) is 0 Å². The van der Waals surface area contributed by atoms with E-state index < -0.39 is 5.91 Å². The SMILES string of the molecule is CN(CCO)C(=O)c1ccnc(C(N)=O)c1. The Labute approximate surface area is 92.7 Å². The molecule has 0 unspecified atom stereocenters. The molecule has 1 rings (SSSR count). The van der Waals surface area contributed by atoms with Crippen LogP contribution < -0.4 is 5.73 Å². The molecular formula is C10H13N3O3. The largest absolute Gasteiger partial charge is 0.395 e. The number of amides is 2. The monoisotopic (exact) mass is 223 g/mol. The number of aliphatic hydroxyl groups is 1. The first-order valence-electron chi connectivity index (χ1n) is 4.68. The van der Waals surface area contributed by atoms with Gasteiger partial charge < -0.3 is 15.7 Å². The lowest BCUT2D eigenvalue weighted by Crippen LogP contribution is -2.29. The Kier molecular flexibility index (Phi) is 3.96. The van der Waals surface area contributed by atoms with Crippen molar-refractivity contribution in [1.29, 1.82) is 0 Å². The van der Waals surface area contributed by atoms with Crippen LogP contribution in [0.5, 0.6) is 0 Å². The van der Waals surface area contributed by atoms with E-state index in [1.165, 1.54) is 23.2 Å². The standard InChI is InChI=1S/C10H13N3O3/c1-13(4-5-14)10(16)7-2-3-12-8(6-7)9(11)15/h2-3,6,14H,4-5H2,1H3,(H2,11,15). The molecule has 0 fully saturated rings. The molecule has 0 bridgehead atoms. The van der Waals surface area contributed by atoms with Gasteiger partial charge in [-0.2, -0.15) is 0 Å². The second-order valence-electron chi connectivity index (χ2n) is 3.24. The molecule has 2 amide bonds. The van der Waals surface area contributed by atoms with E-state index in [1.807, 2.05) is 0 Å². The van der Waals surface area contributed by atoms with Gasteiger partial charge in [0.25, 0.3) is 11.8 Å². The highest BCUT2D eigenvalue weighted by atomic mass is 16.3. The zero-order chi connectivity index (χ0) is 12.1. The van der Waals surface area contributed by atoms with Crippen molar-refractivity contribution in [1.82, 2.24) is 9.88 Å². The van der Waals surface area contributed by atoms with Crippen LogP contribution in [0.2, 0.25) is 0 Å². The van der Waals surface area contributed by atoms with Crippen LogP contribution in [-0.2, 0) is 0 Å². The third-order valence-corrected chi connectivity index (χ3v) is 2.04. The first kappa shape index (κ1) is 12.1. The van der Waals surface area contributed by atoms with Crippen molar-refractivity contribution in [3.05, 3.63) is 29.6 Å². The number of nitrogens with zero attached hydrogens (tertiary/aromatic N) is 2. The number of nitrogens with two attached hydrogens (primary N) is 1. The fourth-order valence-corrected chi connectivity index (χ4v) is 1.17. The van der Waals surface area contributed by atoms with Gasteiger partial charge in [0.15, 0.2) is 0 Å². The van der Waals surface area contributed by atoms with Crippen LogP contribution >= 0.6 is 0 Å². The van der Waals surface area contributed by atoms with Crippen molar-refractivity contribution in [2.45, 2.75) is 0 Å². The number of carbonyl (C=O) groups is 2. The highest BCUT2D eigenvalue weighted by molar-refractivity contribution is 5.97. The van der Waals surface area contributed by atoms with Gasteiger partial charge in [-0.25, -0.2) is 0 Å². The van der Waals surface area contributed by atoms with Gasteiger partial charge in [-0.3, -0.25) is 14.6 Å². The fraction of sp³-hybridized carbons (Fsp3) is 0.300. The molecule has 0 saturated heterocycles. The molecule has 0 spiro atoms. The van der Waals surface area contributed by atoms with Gasteiger partial charge in [0.05, 0.1) is 6.61 Å². The smallest absolute Gasteiger partial charge is 0.267 e. The van der Waals surface area contributed by atoms with E-state index in [9.17, 15) is 9.59 Å². The summed E-state index contributed by atoms with van der Waals surface area (Å²) < 4.78 is 0. The lowest BCUT2D eigenvalue weighted by molar-refractivity contribution is 0.0767. The van der Waals surface area contributed by atoms with Gasteiger partial charge >= 0.3 is 0 Å². The van der Waals surface area contributed by atoms with Crippen LogP contribution in [-0.4, -0.2) is 47.0 Å². The molecule has 3 N–H and O–H groups in total. The molecule has 1 aromatic rings. The van der Waals surface area contributed by atoms with E-state index in [1.54, 1.807) is 7.05 Å². The topological polar surface area (TPSA) is 96.5 Å². The van der Waals surface area contributed by atoms with E-state index in [0.29, 0.717) is 5.56 Å². The fourth-order valence-electron chi connectivity index (χ4n) is 1.17. The van der Waals surface area contributed by atoms with E-state index in [0.717, 1.165) is 0 Å². The number of hydrogen-bond donors (Lipinski definition) is 2. The van der Waals surface area contributed by atoms with E-state index in [2.05, 4.69) is 4.98 Å². The maximum atomic E-state index is 11.7. The zero-order valence-corrected chi connectivity index (χ0v) is 8.88. The van der Waals surface area contributed by atoms with Crippen molar-refractivity contribution < 1.29 is 14.7 Å². The average Bonchev–Trinajstić information content (AvgIpc) is 2.28. The van der Waals surface area contributed by atoms with Gasteiger partial charge in [0.1, 0.15) is 5.69 Å². The minimum atomic E-state index is -0.681. The summed E-state index contributed by atoms with van der Waals surface area (Å²) in [5.74, 6) is -0.974. The molecule has 6 nitrogen and oxygen atoms in total. The molecule has 16 heavy (non-hydrogen) atoms. The zero-order valence-electron chi connectivity index (χ0n) is 8.88. The van der Waals surface area contributed by atoms with Crippen molar-refractivity contribution in [2.24, 2.45) is 5.73 Å². The molecule has 0 aliphatic carbocycles. The van der Waals surface area contributed by atoms with Gasteiger partial charge in [-0.15, -0.1) is 0 Å². The van der Waals surface area contributed by atoms with Gasteiger partial charge in [-0.05, 0) is 12.1 Å². The number of aliphatic hydroxyl groups excluding tert-OH is 1. The van der Waals surface area contributed by atoms with Crippen molar-refractivity contribution in [3.8, 4) is 0 Å². The first-order chi connectivity index (χ1) is 7.56. The maximum absolute atomic E-state index is 11.7. The Bertz CT molecular complexity index is 406. The number of hydrogen-bond acceptors (Lipinski definition) is 4. The van der Waals surface area contributed by atoms with Gasteiger partial charge in [0, 0.05) is 25.4 Å². The number of rotatable bonds is 4. The molecule has 0 aliphatic rings. The molecular weight excluding hydrogens is 210 g/mol. The molecule has 0 saturated carbocycles. The number of primary amides is 1. The number of carbonyl (C=O) groups excluding carboxylic acids is 2. The molecule has 1 heterocycles. The summed E-state index contributed by atoms with van der Waals surface area (Å²) in [5.41, 5.74) is 5.42. The number of aromatic nitrogens is 1. The Morgan fingerprint density at radius 2 is 2.25 bits per heavy atom. The van der Waals surface area contributed by atoms with E-state index in [4.69, 9.17) is 10.8 Å². The summed E-state index contributed by atoms with van der Waals surface area (Å²) in [6.45, 7) is 0.114. The van der Waals surface area contributed by atoms with Gasteiger partial charge in [0.2, 0.25) is 0 Å². The Morgan fingerprint density at radius 1 is 1.56 bits per heavy atom. The summed E-state index contributed by atoms with van der Waals surface area (Å²) in [6, 6.07) is 2.82. The first-order valence-corrected chi connectivity index (χ1v) is 4.68. The quantitative estimate of drug-likeness (QED) is 0.701. The highest BCUT2D eigenvalue weighted by Gasteiger charge is 2.13. The summed E-state index contributed by atoms with van der Waals surface area (Å²) in [7, 11) is 1.56. The predicted octanol–water partition coefficient (Wildman–Crippen LogP) is -0.755. The minimum Gasteiger partial charge on any atom is -0.395 e. The number of pyridine rings is 1. The van der Waals surface area contributed by atoms with Gasteiger partial charge in [-0.1, -0.05) is 0 Å². The van der Waals surface area contributed by atoms with Crippen LogP contribution in [0.4, 0.5) is 0 Å². The van der Waals surface area contributed by atoms with E-state index in [-0.39, 0.29) is 24.8 Å². The van der Waals surface area contributed by atoms with Crippen molar-refractivity contribution in [2.75, 3.05) is 20.2 Å². The summed E-state index contributed by atoms with van der Waals surface area (Å²) in [4.78, 5) is 27.7. The predicted molar refractivity (Wildman–Crippen MR) is 56.8 cm³/mol. The Balaban J connectivity index is 2.91.